The molecule has 0 aromatic carbocycles. The van der Waals surface area contributed by atoms with Crippen LogP contribution in [0.15, 0.2) is 23.8 Å². The first-order valence-electron chi connectivity index (χ1n) is 5.54. The van der Waals surface area contributed by atoms with Crippen LogP contribution in [-0.2, 0) is 14.3 Å². The van der Waals surface area contributed by atoms with Crippen LogP contribution in [0.1, 0.15) is 26.7 Å². The maximum absolute atomic E-state index is 11.5. The topological polar surface area (TPSA) is 35.5 Å². The van der Waals surface area contributed by atoms with Crippen molar-refractivity contribution in [1.29, 1.82) is 0 Å². The Kier molecular flexibility index (Phi) is 4.90. The second kappa shape index (κ2) is 5.97. The Hall–Kier alpha value is -0.930. The molecule has 0 heterocycles. The molecule has 16 heavy (non-hydrogen) atoms. The van der Waals surface area contributed by atoms with Gasteiger partial charge in [-0.2, -0.15) is 0 Å². The smallest absolute Gasteiger partial charge is 0.158 e. The van der Waals surface area contributed by atoms with Crippen molar-refractivity contribution in [2.45, 2.75) is 32.8 Å². The van der Waals surface area contributed by atoms with Gasteiger partial charge in [0.05, 0.1) is 6.10 Å². The van der Waals surface area contributed by atoms with Crippen molar-refractivity contribution in [2.75, 3.05) is 13.9 Å². The molecule has 0 N–H and O–H groups in total. The number of ether oxygens (including phenoxy) is 2. The maximum atomic E-state index is 11.5. The van der Waals surface area contributed by atoms with Gasteiger partial charge < -0.3 is 9.47 Å². The number of rotatable bonds is 5. The fourth-order valence-corrected chi connectivity index (χ4v) is 1.95. The van der Waals surface area contributed by atoms with Gasteiger partial charge in [-0.05, 0) is 32.6 Å². The Morgan fingerprint density at radius 3 is 2.69 bits per heavy atom. The Morgan fingerprint density at radius 2 is 2.19 bits per heavy atom. The summed E-state index contributed by atoms with van der Waals surface area (Å²) in [4.78, 5) is 11.5. The maximum Gasteiger partial charge on any atom is 0.158 e. The van der Waals surface area contributed by atoms with Gasteiger partial charge >= 0.3 is 0 Å². The summed E-state index contributed by atoms with van der Waals surface area (Å²) >= 11 is 0. The molecule has 90 valence electrons. The fourth-order valence-electron chi connectivity index (χ4n) is 1.95. The number of hydrogen-bond acceptors (Lipinski definition) is 3. The molecule has 1 rings (SSSR count). The number of hydrogen-bond donors (Lipinski definition) is 0. The van der Waals surface area contributed by atoms with Gasteiger partial charge in [-0.3, -0.25) is 4.79 Å². The third-order valence-electron chi connectivity index (χ3n) is 2.89. The highest BCUT2D eigenvalue weighted by atomic mass is 16.7. The molecule has 1 aliphatic carbocycles. The van der Waals surface area contributed by atoms with Crippen molar-refractivity contribution in [3.63, 3.8) is 0 Å². The lowest BCUT2D eigenvalue weighted by Crippen LogP contribution is -2.27. The van der Waals surface area contributed by atoms with E-state index in [-0.39, 0.29) is 18.7 Å². The zero-order chi connectivity index (χ0) is 12.1. The third kappa shape index (κ3) is 3.29. The van der Waals surface area contributed by atoms with Gasteiger partial charge in [0.25, 0.3) is 0 Å². The molecule has 0 aromatic rings. The van der Waals surface area contributed by atoms with E-state index in [0.717, 1.165) is 24.0 Å². The molecule has 0 spiro atoms. The molecule has 0 aromatic heterocycles. The molecule has 2 atom stereocenters. The first-order chi connectivity index (χ1) is 7.56. The summed E-state index contributed by atoms with van der Waals surface area (Å²) in [6.07, 6.45) is 3.72. The van der Waals surface area contributed by atoms with Crippen LogP contribution in [0.25, 0.3) is 0 Å². The van der Waals surface area contributed by atoms with Gasteiger partial charge in [0.15, 0.2) is 5.78 Å². The predicted octanol–water partition coefficient (Wildman–Crippen LogP) is 2.48. The molecule has 0 radical (unpaired) electrons. The third-order valence-corrected chi connectivity index (χ3v) is 2.89. The van der Waals surface area contributed by atoms with Crippen LogP contribution >= 0.6 is 0 Å². The van der Waals surface area contributed by atoms with Crippen molar-refractivity contribution < 1.29 is 14.3 Å². The minimum Gasteiger partial charge on any atom is -0.359 e. The zero-order valence-electron chi connectivity index (χ0n) is 10.3. The second-order valence-corrected chi connectivity index (χ2v) is 4.27. The first-order valence-corrected chi connectivity index (χ1v) is 5.54. The van der Waals surface area contributed by atoms with Crippen LogP contribution in [0.4, 0.5) is 0 Å². The molecule has 0 bridgehead atoms. The number of allylic oxidation sites excluding steroid dienone is 2. The van der Waals surface area contributed by atoms with Crippen molar-refractivity contribution >= 4 is 5.78 Å². The number of carbonyl (C=O) groups excluding carboxylic acids is 1. The van der Waals surface area contributed by atoms with E-state index < -0.39 is 0 Å². The lowest BCUT2D eigenvalue weighted by molar-refractivity contribution is -0.117. The summed E-state index contributed by atoms with van der Waals surface area (Å²) in [5.74, 6) is 0.383. The molecular formula is C13H20O3. The van der Waals surface area contributed by atoms with Crippen molar-refractivity contribution in [3.05, 3.63) is 23.8 Å². The quantitative estimate of drug-likeness (QED) is 0.531. The summed E-state index contributed by atoms with van der Waals surface area (Å²) in [5, 5.41) is 0. The summed E-state index contributed by atoms with van der Waals surface area (Å²) in [7, 11) is 1.58. The summed E-state index contributed by atoms with van der Waals surface area (Å²) in [6, 6.07) is 0. The average molecular weight is 224 g/mol. The monoisotopic (exact) mass is 224 g/mol. The van der Waals surface area contributed by atoms with Crippen LogP contribution in [0.2, 0.25) is 0 Å². The van der Waals surface area contributed by atoms with Gasteiger partial charge in [0.1, 0.15) is 6.79 Å². The first kappa shape index (κ1) is 13.1. The van der Waals surface area contributed by atoms with E-state index in [9.17, 15) is 4.79 Å². The molecule has 0 amide bonds. The number of Topliss-reactive ketones (excluding diaryl/α,β-unsaturated/α-hetero) is 1. The number of ketones is 1. The summed E-state index contributed by atoms with van der Waals surface area (Å²) < 4.78 is 10.4. The predicted molar refractivity (Wildman–Crippen MR) is 63.1 cm³/mol. The molecule has 0 saturated heterocycles. The van der Waals surface area contributed by atoms with E-state index >= 15 is 0 Å². The molecular weight excluding hydrogens is 204 g/mol. The van der Waals surface area contributed by atoms with E-state index in [2.05, 4.69) is 6.58 Å². The van der Waals surface area contributed by atoms with E-state index in [4.69, 9.17) is 9.47 Å². The molecule has 1 aliphatic rings. The number of methoxy groups -OCH3 is 1. The Morgan fingerprint density at radius 1 is 1.50 bits per heavy atom. The van der Waals surface area contributed by atoms with Gasteiger partial charge in [-0.15, -0.1) is 0 Å². The van der Waals surface area contributed by atoms with Crippen LogP contribution in [0.5, 0.6) is 0 Å². The van der Waals surface area contributed by atoms with Gasteiger partial charge in [0, 0.05) is 12.7 Å². The highest BCUT2D eigenvalue weighted by Gasteiger charge is 2.26. The molecule has 0 fully saturated rings. The van der Waals surface area contributed by atoms with Crippen molar-refractivity contribution in [2.24, 2.45) is 5.92 Å². The van der Waals surface area contributed by atoms with Gasteiger partial charge in [0.2, 0.25) is 0 Å². The van der Waals surface area contributed by atoms with Crippen LogP contribution in [0.3, 0.4) is 0 Å². The Bertz CT molecular complexity index is 304. The Balaban J connectivity index is 2.78. The number of carbonyl (C=O) groups is 1. The lowest BCUT2D eigenvalue weighted by Gasteiger charge is -2.27. The largest absolute Gasteiger partial charge is 0.359 e. The normalized spacial score (nSPS) is 25.1. The minimum atomic E-state index is -0.118. The van der Waals surface area contributed by atoms with Gasteiger partial charge in [-0.25, -0.2) is 0 Å². The average Bonchev–Trinajstić information content (AvgIpc) is 2.25. The van der Waals surface area contributed by atoms with Crippen LogP contribution < -0.4 is 0 Å². The van der Waals surface area contributed by atoms with Crippen LogP contribution in [-0.4, -0.2) is 25.8 Å². The van der Waals surface area contributed by atoms with Crippen molar-refractivity contribution in [3.8, 4) is 0 Å². The summed E-state index contributed by atoms with van der Waals surface area (Å²) in [5.41, 5.74) is 1.86. The summed E-state index contributed by atoms with van der Waals surface area (Å²) in [6.45, 7) is 7.74. The minimum absolute atomic E-state index is 0.0760. The zero-order valence-corrected chi connectivity index (χ0v) is 10.3. The van der Waals surface area contributed by atoms with Crippen molar-refractivity contribution in [1.82, 2.24) is 0 Å². The molecule has 0 saturated carbocycles. The molecule has 3 heteroatoms. The molecule has 2 unspecified atom stereocenters. The van der Waals surface area contributed by atoms with Crippen LogP contribution in [0, 0.1) is 5.92 Å². The standard InChI is InChI=1S/C13H20O3/c1-9(2)11-5-6-13(16-8-15-4)12(7-11)10(3)14/h7,11,13H,1,5-6,8H2,2-4H3. The van der Waals surface area contributed by atoms with E-state index in [0.29, 0.717) is 5.92 Å². The SMILES string of the molecule is C=C(C)C1C=C(C(C)=O)C(OCOC)CC1. The fraction of sp³-hybridized carbons (Fsp3) is 0.615. The second-order valence-electron chi connectivity index (χ2n) is 4.27. The Labute approximate surface area is 97.1 Å². The van der Waals surface area contributed by atoms with Gasteiger partial charge in [-0.1, -0.05) is 18.2 Å². The highest BCUT2D eigenvalue weighted by molar-refractivity contribution is 5.94. The van der Waals surface area contributed by atoms with E-state index in [1.807, 2.05) is 13.0 Å². The van der Waals surface area contributed by atoms with E-state index in [1.54, 1.807) is 14.0 Å². The van der Waals surface area contributed by atoms with E-state index in [1.165, 1.54) is 0 Å². The molecule has 0 aliphatic heterocycles. The molecule has 3 nitrogen and oxygen atoms in total. The highest BCUT2D eigenvalue weighted by Crippen LogP contribution is 2.29. The lowest BCUT2D eigenvalue weighted by atomic mass is 9.83.